The van der Waals surface area contributed by atoms with Crippen molar-refractivity contribution >= 4 is 22.5 Å². The van der Waals surface area contributed by atoms with E-state index in [0.29, 0.717) is 11.7 Å². The van der Waals surface area contributed by atoms with Gasteiger partial charge in [-0.3, -0.25) is 0 Å². The second-order valence-electron chi connectivity index (χ2n) is 4.92. The van der Waals surface area contributed by atoms with Crippen molar-refractivity contribution in [2.75, 3.05) is 0 Å². The van der Waals surface area contributed by atoms with E-state index in [2.05, 4.69) is 23.4 Å². The quantitative estimate of drug-likeness (QED) is 0.635. The summed E-state index contributed by atoms with van der Waals surface area (Å²) in [4.78, 5) is 4.16. The van der Waals surface area contributed by atoms with Gasteiger partial charge in [-0.2, -0.15) is 0 Å². The van der Waals surface area contributed by atoms with Crippen LogP contribution in [0.25, 0.3) is 10.9 Å². The van der Waals surface area contributed by atoms with Crippen molar-refractivity contribution in [2.45, 2.75) is 20.4 Å². The first-order chi connectivity index (χ1) is 9.58. The van der Waals surface area contributed by atoms with E-state index in [1.165, 1.54) is 17.7 Å². The van der Waals surface area contributed by atoms with Gasteiger partial charge >= 0.3 is 0 Å². The number of aryl methyl sites for hydroxylation is 1. The molecule has 3 aromatic rings. The summed E-state index contributed by atoms with van der Waals surface area (Å²) in [6.07, 6.45) is 1.72. The standard InChI is InChI=1S/C16H14ClFN2/c1-10-11(2)20(9-12-3-5-13(18)6-4-12)15-14(10)7-8-19-16(15)17/h3-8H,9H2,1-2H3. The summed E-state index contributed by atoms with van der Waals surface area (Å²) in [7, 11) is 0. The number of hydrogen-bond donors (Lipinski definition) is 0. The maximum absolute atomic E-state index is 13.0. The highest BCUT2D eigenvalue weighted by molar-refractivity contribution is 6.34. The number of benzene rings is 1. The predicted molar refractivity (Wildman–Crippen MR) is 79.7 cm³/mol. The van der Waals surface area contributed by atoms with Crippen LogP contribution in [-0.4, -0.2) is 9.55 Å². The Balaban J connectivity index is 2.16. The first-order valence-electron chi connectivity index (χ1n) is 6.42. The highest BCUT2D eigenvalue weighted by Crippen LogP contribution is 2.29. The van der Waals surface area contributed by atoms with Gasteiger partial charge in [0.05, 0.1) is 5.52 Å². The zero-order valence-corrected chi connectivity index (χ0v) is 12.1. The molecular weight excluding hydrogens is 275 g/mol. The fourth-order valence-electron chi connectivity index (χ4n) is 2.52. The smallest absolute Gasteiger partial charge is 0.153 e. The number of hydrogen-bond acceptors (Lipinski definition) is 1. The molecule has 0 radical (unpaired) electrons. The molecule has 0 saturated heterocycles. The SMILES string of the molecule is Cc1c(C)n(Cc2ccc(F)cc2)c2c(Cl)nccc12. The average Bonchev–Trinajstić information content (AvgIpc) is 2.68. The lowest BCUT2D eigenvalue weighted by Crippen LogP contribution is -2.02. The number of fused-ring (bicyclic) bond motifs is 1. The third-order valence-electron chi connectivity index (χ3n) is 3.76. The normalized spacial score (nSPS) is 11.2. The molecule has 0 N–H and O–H groups in total. The Morgan fingerprint density at radius 2 is 1.85 bits per heavy atom. The van der Waals surface area contributed by atoms with Crippen LogP contribution in [0.2, 0.25) is 5.15 Å². The van der Waals surface area contributed by atoms with Crippen LogP contribution in [0.4, 0.5) is 4.39 Å². The molecule has 0 aliphatic heterocycles. The van der Waals surface area contributed by atoms with Gasteiger partial charge in [-0.05, 0) is 43.2 Å². The molecule has 2 nitrogen and oxygen atoms in total. The summed E-state index contributed by atoms with van der Waals surface area (Å²) in [6.45, 7) is 4.80. The number of pyridine rings is 1. The summed E-state index contributed by atoms with van der Waals surface area (Å²) >= 11 is 6.25. The van der Waals surface area contributed by atoms with Crippen molar-refractivity contribution in [1.29, 1.82) is 0 Å². The minimum absolute atomic E-state index is 0.223. The van der Waals surface area contributed by atoms with E-state index in [4.69, 9.17) is 11.6 Å². The van der Waals surface area contributed by atoms with Crippen molar-refractivity contribution in [3.63, 3.8) is 0 Å². The van der Waals surface area contributed by atoms with E-state index in [1.54, 1.807) is 18.3 Å². The van der Waals surface area contributed by atoms with Crippen LogP contribution in [0.15, 0.2) is 36.5 Å². The summed E-state index contributed by atoms with van der Waals surface area (Å²) < 4.78 is 15.1. The fourth-order valence-corrected chi connectivity index (χ4v) is 2.78. The lowest BCUT2D eigenvalue weighted by molar-refractivity contribution is 0.626. The van der Waals surface area contributed by atoms with Crippen LogP contribution in [0.3, 0.4) is 0 Å². The molecule has 2 aromatic heterocycles. The topological polar surface area (TPSA) is 17.8 Å². The van der Waals surface area contributed by atoms with Gasteiger partial charge in [-0.25, -0.2) is 9.37 Å². The monoisotopic (exact) mass is 288 g/mol. The molecule has 102 valence electrons. The van der Waals surface area contributed by atoms with Gasteiger partial charge in [0.25, 0.3) is 0 Å². The zero-order valence-electron chi connectivity index (χ0n) is 11.3. The Labute approximate surface area is 121 Å². The lowest BCUT2D eigenvalue weighted by atomic mass is 10.2. The van der Waals surface area contributed by atoms with E-state index in [-0.39, 0.29) is 5.82 Å². The summed E-state index contributed by atoms with van der Waals surface area (Å²) in [6, 6.07) is 8.51. The van der Waals surface area contributed by atoms with Crippen molar-refractivity contribution < 1.29 is 4.39 Å². The third-order valence-corrected chi connectivity index (χ3v) is 4.03. The highest BCUT2D eigenvalue weighted by atomic mass is 35.5. The number of halogens is 2. The molecule has 0 aliphatic carbocycles. The molecule has 3 rings (SSSR count). The van der Waals surface area contributed by atoms with Crippen molar-refractivity contribution in [3.8, 4) is 0 Å². The maximum atomic E-state index is 13.0. The van der Waals surface area contributed by atoms with Crippen molar-refractivity contribution in [2.24, 2.45) is 0 Å². The Kier molecular flexibility index (Phi) is 3.22. The zero-order chi connectivity index (χ0) is 14.3. The molecule has 0 spiro atoms. The Hall–Kier alpha value is -1.87. The Morgan fingerprint density at radius 1 is 1.15 bits per heavy atom. The number of rotatable bonds is 2. The first kappa shape index (κ1) is 13.1. The van der Waals surface area contributed by atoms with Crippen LogP contribution in [0, 0.1) is 19.7 Å². The van der Waals surface area contributed by atoms with Gasteiger partial charge in [-0.15, -0.1) is 0 Å². The van der Waals surface area contributed by atoms with E-state index < -0.39 is 0 Å². The molecule has 1 aromatic carbocycles. The van der Waals surface area contributed by atoms with E-state index in [0.717, 1.165) is 22.2 Å². The Morgan fingerprint density at radius 3 is 2.55 bits per heavy atom. The third kappa shape index (κ3) is 2.08. The van der Waals surface area contributed by atoms with E-state index >= 15 is 0 Å². The van der Waals surface area contributed by atoms with Gasteiger partial charge in [0.1, 0.15) is 5.82 Å². The lowest BCUT2D eigenvalue weighted by Gasteiger charge is -2.09. The molecular formula is C16H14ClFN2. The van der Waals surface area contributed by atoms with E-state index in [1.807, 2.05) is 6.07 Å². The molecule has 20 heavy (non-hydrogen) atoms. The second kappa shape index (κ2) is 4.91. The number of aromatic nitrogens is 2. The van der Waals surface area contributed by atoms with Gasteiger partial charge in [0.15, 0.2) is 5.15 Å². The summed E-state index contributed by atoms with van der Waals surface area (Å²) in [5.74, 6) is -0.223. The predicted octanol–water partition coefficient (Wildman–Crippen LogP) is 4.49. The highest BCUT2D eigenvalue weighted by Gasteiger charge is 2.14. The Bertz CT molecular complexity index is 775. The van der Waals surface area contributed by atoms with Crippen LogP contribution in [-0.2, 0) is 6.54 Å². The molecule has 0 fully saturated rings. The largest absolute Gasteiger partial charge is 0.338 e. The van der Waals surface area contributed by atoms with Crippen LogP contribution in [0.1, 0.15) is 16.8 Å². The van der Waals surface area contributed by atoms with Gasteiger partial charge in [0.2, 0.25) is 0 Å². The van der Waals surface area contributed by atoms with Gasteiger partial charge < -0.3 is 4.57 Å². The average molecular weight is 289 g/mol. The van der Waals surface area contributed by atoms with Gasteiger partial charge in [-0.1, -0.05) is 23.7 Å². The van der Waals surface area contributed by atoms with Crippen LogP contribution in [0.5, 0.6) is 0 Å². The van der Waals surface area contributed by atoms with Crippen LogP contribution >= 0.6 is 11.6 Å². The van der Waals surface area contributed by atoms with Crippen molar-refractivity contribution in [3.05, 3.63) is 64.3 Å². The summed E-state index contributed by atoms with van der Waals surface area (Å²) in [5.41, 5.74) is 4.32. The van der Waals surface area contributed by atoms with Crippen LogP contribution < -0.4 is 0 Å². The molecule has 0 atom stereocenters. The van der Waals surface area contributed by atoms with Gasteiger partial charge in [0, 0.05) is 23.8 Å². The minimum atomic E-state index is -0.223. The molecule has 4 heteroatoms. The second-order valence-corrected chi connectivity index (χ2v) is 5.28. The summed E-state index contributed by atoms with van der Waals surface area (Å²) in [5, 5.41) is 1.62. The van der Waals surface area contributed by atoms with Crippen molar-refractivity contribution in [1.82, 2.24) is 9.55 Å². The van der Waals surface area contributed by atoms with E-state index in [9.17, 15) is 4.39 Å². The molecule has 2 heterocycles. The molecule has 0 unspecified atom stereocenters. The number of nitrogens with zero attached hydrogens (tertiary/aromatic N) is 2. The fraction of sp³-hybridized carbons (Fsp3) is 0.188. The first-order valence-corrected chi connectivity index (χ1v) is 6.80. The minimum Gasteiger partial charge on any atom is -0.338 e. The maximum Gasteiger partial charge on any atom is 0.153 e. The molecule has 0 aliphatic rings. The molecule has 0 saturated carbocycles. The molecule has 0 amide bonds. The molecule has 0 bridgehead atoms.